The summed E-state index contributed by atoms with van der Waals surface area (Å²) >= 11 is 6.02. The van der Waals surface area contributed by atoms with Crippen molar-refractivity contribution in [3.05, 3.63) is 59.1 Å². The van der Waals surface area contributed by atoms with Gasteiger partial charge in [0.05, 0.1) is 5.69 Å². The van der Waals surface area contributed by atoms with Gasteiger partial charge in [-0.3, -0.25) is 14.8 Å². The zero-order chi connectivity index (χ0) is 16.5. The molecular formula is C19H20ClN3O. The first kappa shape index (κ1) is 15.6. The van der Waals surface area contributed by atoms with Crippen LogP contribution in [0.2, 0.25) is 5.02 Å². The van der Waals surface area contributed by atoms with Crippen molar-refractivity contribution in [2.45, 2.75) is 19.3 Å². The number of likely N-dealkylation sites (tertiary alicyclic amines) is 1. The largest absolute Gasteiger partial charge is 0.338 e. The molecule has 2 heterocycles. The first-order valence-electron chi connectivity index (χ1n) is 8.50. The van der Waals surface area contributed by atoms with Crippen LogP contribution in [0.5, 0.6) is 0 Å². The van der Waals surface area contributed by atoms with Gasteiger partial charge in [-0.1, -0.05) is 17.7 Å². The van der Waals surface area contributed by atoms with E-state index in [1.165, 1.54) is 12.8 Å². The molecule has 0 spiro atoms. The fraction of sp³-hybridized carbons (Fsp3) is 0.421. The summed E-state index contributed by atoms with van der Waals surface area (Å²) in [6.45, 7) is 1.72. The van der Waals surface area contributed by atoms with E-state index in [1.807, 2.05) is 23.2 Å². The predicted molar refractivity (Wildman–Crippen MR) is 92.8 cm³/mol. The zero-order valence-electron chi connectivity index (χ0n) is 13.4. The van der Waals surface area contributed by atoms with Crippen LogP contribution in [0.4, 0.5) is 0 Å². The highest BCUT2D eigenvalue weighted by atomic mass is 35.5. The molecule has 0 N–H and O–H groups in total. The minimum atomic E-state index is 0.102. The van der Waals surface area contributed by atoms with Gasteiger partial charge < -0.3 is 4.90 Å². The molecule has 4 nitrogen and oxygen atoms in total. The molecule has 1 aromatic heterocycles. The molecule has 0 radical (unpaired) electrons. The quantitative estimate of drug-likeness (QED) is 0.858. The Morgan fingerprint density at radius 3 is 2.96 bits per heavy atom. The maximum Gasteiger partial charge on any atom is 0.253 e. The average molecular weight is 342 g/mol. The van der Waals surface area contributed by atoms with Crippen molar-refractivity contribution >= 4 is 17.5 Å². The average Bonchev–Trinajstić information content (AvgIpc) is 3.17. The maximum absolute atomic E-state index is 12.7. The summed E-state index contributed by atoms with van der Waals surface area (Å²) < 4.78 is 0. The molecule has 0 bridgehead atoms. The molecule has 1 amide bonds. The van der Waals surface area contributed by atoms with Crippen LogP contribution in [-0.4, -0.2) is 33.9 Å². The van der Waals surface area contributed by atoms with Crippen molar-refractivity contribution in [3.8, 4) is 0 Å². The number of hydrogen-bond donors (Lipinski definition) is 0. The molecule has 4 rings (SSSR count). The summed E-state index contributed by atoms with van der Waals surface area (Å²) in [6.07, 6.45) is 8.72. The fourth-order valence-corrected chi connectivity index (χ4v) is 4.50. The standard InChI is InChI=1S/C19H20ClN3O/c20-16-3-1-2-14(8-16)19(24)23-11-15-5-4-13(18(15)12-23)9-17-10-21-6-7-22-17/h1-3,6-8,10,13,15,18H,4-5,9,11-12H2/t13-,15-,18-/m1/s1. The maximum atomic E-state index is 12.7. The number of halogens is 1. The molecule has 1 aliphatic heterocycles. The number of amides is 1. The summed E-state index contributed by atoms with van der Waals surface area (Å²) in [4.78, 5) is 23.3. The van der Waals surface area contributed by atoms with E-state index >= 15 is 0 Å². The zero-order valence-corrected chi connectivity index (χ0v) is 14.2. The topological polar surface area (TPSA) is 46.1 Å². The summed E-state index contributed by atoms with van der Waals surface area (Å²) in [7, 11) is 0. The summed E-state index contributed by atoms with van der Waals surface area (Å²) in [5.74, 6) is 1.90. The monoisotopic (exact) mass is 341 g/mol. The first-order valence-corrected chi connectivity index (χ1v) is 8.88. The van der Waals surface area contributed by atoms with E-state index in [0.29, 0.717) is 28.3 Å². The SMILES string of the molecule is O=C(c1cccc(Cl)c1)N1C[C@H]2CC[C@H](Cc3cnccn3)[C@H]2C1. The fourth-order valence-electron chi connectivity index (χ4n) is 4.31. The van der Waals surface area contributed by atoms with Gasteiger partial charge >= 0.3 is 0 Å². The van der Waals surface area contributed by atoms with Crippen LogP contribution in [-0.2, 0) is 6.42 Å². The lowest BCUT2D eigenvalue weighted by molar-refractivity contribution is 0.0776. The van der Waals surface area contributed by atoms with E-state index in [2.05, 4.69) is 9.97 Å². The van der Waals surface area contributed by atoms with Crippen molar-refractivity contribution in [2.75, 3.05) is 13.1 Å². The number of nitrogens with zero attached hydrogens (tertiary/aromatic N) is 3. The van der Waals surface area contributed by atoms with E-state index in [9.17, 15) is 4.79 Å². The summed E-state index contributed by atoms with van der Waals surface area (Å²) in [6, 6.07) is 7.24. The Labute approximate surface area is 146 Å². The Hall–Kier alpha value is -1.94. The van der Waals surface area contributed by atoms with Gasteiger partial charge in [0.1, 0.15) is 0 Å². The van der Waals surface area contributed by atoms with Gasteiger partial charge in [0, 0.05) is 42.3 Å². The molecule has 1 saturated heterocycles. The Morgan fingerprint density at radius 2 is 2.17 bits per heavy atom. The number of rotatable bonds is 3. The lowest BCUT2D eigenvalue weighted by atomic mass is 9.89. The van der Waals surface area contributed by atoms with Crippen LogP contribution in [0, 0.1) is 17.8 Å². The second kappa shape index (κ2) is 6.52. The third-order valence-corrected chi connectivity index (χ3v) is 5.69. The Morgan fingerprint density at radius 1 is 1.25 bits per heavy atom. The molecule has 0 unspecified atom stereocenters. The molecule has 3 atom stereocenters. The Balaban J connectivity index is 1.45. The van der Waals surface area contributed by atoms with Gasteiger partial charge in [0.25, 0.3) is 5.91 Å². The third-order valence-electron chi connectivity index (χ3n) is 5.45. The van der Waals surface area contributed by atoms with Gasteiger partial charge in [-0.2, -0.15) is 0 Å². The van der Waals surface area contributed by atoms with Crippen LogP contribution in [0.3, 0.4) is 0 Å². The molecule has 2 fully saturated rings. The van der Waals surface area contributed by atoms with Crippen molar-refractivity contribution in [1.29, 1.82) is 0 Å². The van der Waals surface area contributed by atoms with Crippen LogP contribution in [0.1, 0.15) is 28.9 Å². The van der Waals surface area contributed by atoms with E-state index in [4.69, 9.17) is 11.6 Å². The molecule has 1 aromatic carbocycles. The highest BCUT2D eigenvalue weighted by Gasteiger charge is 2.43. The van der Waals surface area contributed by atoms with Gasteiger partial charge in [-0.25, -0.2) is 0 Å². The number of carbonyl (C=O) groups excluding carboxylic acids is 1. The first-order chi connectivity index (χ1) is 11.7. The predicted octanol–water partition coefficient (Wildman–Crippen LogP) is 3.47. The van der Waals surface area contributed by atoms with E-state index in [-0.39, 0.29) is 5.91 Å². The normalized spacial score (nSPS) is 25.7. The Bertz CT molecular complexity index is 736. The van der Waals surface area contributed by atoms with Crippen LogP contribution in [0.15, 0.2) is 42.9 Å². The highest BCUT2D eigenvalue weighted by Crippen LogP contribution is 2.43. The van der Waals surface area contributed by atoms with E-state index in [0.717, 1.165) is 25.2 Å². The van der Waals surface area contributed by atoms with Crippen molar-refractivity contribution in [3.63, 3.8) is 0 Å². The third kappa shape index (κ3) is 3.03. The van der Waals surface area contributed by atoms with E-state index in [1.54, 1.807) is 24.5 Å². The lowest BCUT2D eigenvalue weighted by Gasteiger charge is -2.20. The molecule has 2 aliphatic rings. The van der Waals surface area contributed by atoms with Crippen LogP contribution < -0.4 is 0 Å². The molecule has 24 heavy (non-hydrogen) atoms. The molecule has 124 valence electrons. The van der Waals surface area contributed by atoms with E-state index < -0.39 is 0 Å². The number of carbonyl (C=O) groups is 1. The van der Waals surface area contributed by atoms with Crippen molar-refractivity contribution in [1.82, 2.24) is 14.9 Å². The molecule has 2 aromatic rings. The minimum absolute atomic E-state index is 0.102. The molecular weight excluding hydrogens is 322 g/mol. The summed E-state index contributed by atoms with van der Waals surface area (Å²) in [5.41, 5.74) is 1.75. The molecule has 5 heteroatoms. The Kier molecular flexibility index (Phi) is 4.23. The van der Waals surface area contributed by atoms with Crippen LogP contribution >= 0.6 is 11.6 Å². The van der Waals surface area contributed by atoms with Gasteiger partial charge in [0.15, 0.2) is 0 Å². The smallest absolute Gasteiger partial charge is 0.253 e. The summed E-state index contributed by atoms with van der Waals surface area (Å²) in [5, 5.41) is 0.612. The highest BCUT2D eigenvalue weighted by molar-refractivity contribution is 6.30. The minimum Gasteiger partial charge on any atom is -0.338 e. The van der Waals surface area contributed by atoms with Gasteiger partial charge in [0.2, 0.25) is 0 Å². The van der Waals surface area contributed by atoms with Crippen LogP contribution in [0.25, 0.3) is 0 Å². The van der Waals surface area contributed by atoms with Gasteiger partial charge in [-0.15, -0.1) is 0 Å². The number of benzene rings is 1. The lowest BCUT2D eigenvalue weighted by Crippen LogP contribution is -2.30. The second-order valence-electron chi connectivity index (χ2n) is 6.88. The second-order valence-corrected chi connectivity index (χ2v) is 7.32. The number of fused-ring (bicyclic) bond motifs is 1. The van der Waals surface area contributed by atoms with Crippen molar-refractivity contribution in [2.24, 2.45) is 17.8 Å². The number of hydrogen-bond acceptors (Lipinski definition) is 3. The molecule has 1 aliphatic carbocycles. The molecule has 1 saturated carbocycles. The van der Waals surface area contributed by atoms with Gasteiger partial charge in [-0.05, 0) is 55.2 Å². The van der Waals surface area contributed by atoms with Crippen molar-refractivity contribution < 1.29 is 4.79 Å². The number of aromatic nitrogens is 2.